The van der Waals surface area contributed by atoms with Gasteiger partial charge in [-0.1, -0.05) is 0 Å². The van der Waals surface area contributed by atoms with Crippen LogP contribution in [0.5, 0.6) is 0 Å². The van der Waals surface area contributed by atoms with Gasteiger partial charge in [0.05, 0.1) is 16.7 Å². The van der Waals surface area contributed by atoms with Crippen LogP contribution in [0.2, 0.25) is 0 Å². The molecule has 0 aliphatic carbocycles. The van der Waals surface area contributed by atoms with Crippen LogP contribution in [0, 0.1) is 0 Å². The van der Waals surface area contributed by atoms with Crippen molar-refractivity contribution in [1.29, 1.82) is 0 Å². The third-order valence-corrected chi connectivity index (χ3v) is 2.33. The largest absolute Gasteiger partial charge is 0.363 e. The molecule has 0 aliphatic rings. The van der Waals surface area contributed by atoms with Gasteiger partial charge in [0.1, 0.15) is 18.5 Å². The quantitative estimate of drug-likeness (QED) is 0.914. The topological polar surface area (TPSA) is 63.6 Å². The zero-order valence-electron chi connectivity index (χ0n) is 7.76. The Morgan fingerprint density at radius 2 is 2.07 bits per heavy atom. The molecule has 2 aromatic heterocycles. The van der Waals surface area contributed by atoms with Gasteiger partial charge in [-0.25, -0.2) is 19.9 Å². The zero-order chi connectivity index (χ0) is 10.5. The van der Waals surface area contributed by atoms with Crippen LogP contribution in [-0.2, 0) is 6.54 Å². The lowest BCUT2D eigenvalue weighted by Gasteiger charge is -2.05. The van der Waals surface area contributed by atoms with E-state index in [0.29, 0.717) is 6.54 Å². The lowest BCUT2D eigenvalue weighted by molar-refractivity contribution is 0.988. The summed E-state index contributed by atoms with van der Waals surface area (Å²) < 4.78 is 0.832. The fraction of sp³-hybridized carbons (Fsp3) is 0.111. The second kappa shape index (κ2) is 4.79. The molecule has 2 heterocycles. The molecule has 6 heteroatoms. The fourth-order valence-electron chi connectivity index (χ4n) is 1.04. The second-order valence-electron chi connectivity index (χ2n) is 2.77. The van der Waals surface area contributed by atoms with Crippen LogP contribution in [-0.4, -0.2) is 19.9 Å². The van der Waals surface area contributed by atoms with Gasteiger partial charge in [-0.2, -0.15) is 0 Å². The Labute approximate surface area is 95.1 Å². The van der Waals surface area contributed by atoms with E-state index in [1.54, 1.807) is 12.4 Å². The average Bonchev–Trinajstić information content (AvgIpc) is 2.29. The molecule has 0 fully saturated rings. The van der Waals surface area contributed by atoms with Crippen LogP contribution in [0.25, 0.3) is 0 Å². The molecule has 0 saturated carbocycles. The fourth-order valence-corrected chi connectivity index (χ4v) is 1.40. The van der Waals surface area contributed by atoms with Gasteiger partial charge in [-0.15, -0.1) is 0 Å². The molecule has 1 N–H and O–H groups in total. The van der Waals surface area contributed by atoms with Crippen molar-refractivity contribution in [2.45, 2.75) is 6.54 Å². The van der Waals surface area contributed by atoms with Crippen molar-refractivity contribution in [3.63, 3.8) is 0 Å². The van der Waals surface area contributed by atoms with Gasteiger partial charge < -0.3 is 5.32 Å². The van der Waals surface area contributed by atoms with E-state index in [-0.39, 0.29) is 0 Å². The standard InChI is InChI=1S/C9H8BrN5/c10-8-4-12-6-15-9(8)13-3-7-1-2-11-5-14-7/h1-2,4-6H,3H2,(H,12,13,15). The Morgan fingerprint density at radius 1 is 1.20 bits per heavy atom. The molecule has 5 nitrogen and oxygen atoms in total. The first-order valence-electron chi connectivity index (χ1n) is 4.30. The minimum Gasteiger partial charge on any atom is -0.363 e. The molecule has 2 aromatic rings. The van der Waals surface area contributed by atoms with Crippen LogP contribution in [0.1, 0.15) is 5.69 Å². The van der Waals surface area contributed by atoms with Crippen molar-refractivity contribution in [2.24, 2.45) is 0 Å². The first-order chi connectivity index (χ1) is 7.36. The van der Waals surface area contributed by atoms with E-state index in [0.717, 1.165) is 16.0 Å². The normalized spacial score (nSPS) is 9.93. The SMILES string of the molecule is Brc1cncnc1NCc1ccncn1. The highest BCUT2D eigenvalue weighted by atomic mass is 79.9. The van der Waals surface area contributed by atoms with Gasteiger partial charge in [0.15, 0.2) is 0 Å². The van der Waals surface area contributed by atoms with Gasteiger partial charge in [0.2, 0.25) is 0 Å². The minimum absolute atomic E-state index is 0.609. The van der Waals surface area contributed by atoms with Crippen LogP contribution in [0.3, 0.4) is 0 Å². The number of halogens is 1. The first kappa shape index (κ1) is 9.97. The predicted octanol–water partition coefficient (Wildman–Crippen LogP) is 1.64. The monoisotopic (exact) mass is 265 g/mol. The first-order valence-corrected chi connectivity index (χ1v) is 5.10. The molecule has 2 rings (SSSR count). The van der Waals surface area contributed by atoms with E-state index in [4.69, 9.17) is 0 Å². The molecule has 15 heavy (non-hydrogen) atoms. The summed E-state index contributed by atoms with van der Waals surface area (Å²) in [5.74, 6) is 0.753. The Balaban J connectivity index is 2.03. The van der Waals surface area contributed by atoms with E-state index in [9.17, 15) is 0 Å². The number of rotatable bonds is 3. The maximum atomic E-state index is 4.09. The maximum Gasteiger partial charge on any atom is 0.144 e. The summed E-state index contributed by atoms with van der Waals surface area (Å²) in [6.45, 7) is 0.609. The van der Waals surface area contributed by atoms with Crippen molar-refractivity contribution in [3.8, 4) is 0 Å². The molecular formula is C9H8BrN5. The van der Waals surface area contributed by atoms with Crippen LogP contribution in [0.15, 0.2) is 35.6 Å². The molecule has 76 valence electrons. The number of nitrogens with one attached hydrogen (secondary N) is 1. The van der Waals surface area contributed by atoms with E-state index < -0.39 is 0 Å². The van der Waals surface area contributed by atoms with Gasteiger partial charge in [-0.05, 0) is 22.0 Å². The molecule has 0 atom stereocenters. The maximum absolute atomic E-state index is 4.09. The van der Waals surface area contributed by atoms with Crippen molar-refractivity contribution in [1.82, 2.24) is 19.9 Å². The van der Waals surface area contributed by atoms with Crippen molar-refractivity contribution in [3.05, 3.63) is 41.3 Å². The summed E-state index contributed by atoms with van der Waals surface area (Å²) in [6, 6.07) is 1.85. The number of hydrogen-bond donors (Lipinski definition) is 1. The smallest absolute Gasteiger partial charge is 0.144 e. The summed E-state index contributed by atoms with van der Waals surface area (Å²) in [6.07, 6.45) is 6.41. The third-order valence-electron chi connectivity index (χ3n) is 1.75. The molecule has 0 aromatic carbocycles. The Kier molecular flexibility index (Phi) is 3.18. The molecule has 0 amide bonds. The van der Waals surface area contributed by atoms with Crippen molar-refractivity contribution in [2.75, 3.05) is 5.32 Å². The molecule has 0 saturated heterocycles. The molecule has 0 radical (unpaired) electrons. The van der Waals surface area contributed by atoms with Gasteiger partial charge in [0.25, 0.3) is 0 Å². The Morgan fingerprint density at radius 3 is 2.80 bits per heavy atom. The number of aromatic nitrogens is 4. The van der Waals surface area contributed by atoms with Gasteiger partial charge in [0, 0.05) is 12.4 Å². The highest BCUT2D eigenvalue weighted by Gasteiger charge is 2.00. The van der Waals surface area contributed by atoms with E-state index in [1.807, 2.05) is 6.07 Å². The highest BCUT2D eigenvalue weighted by Crippen LogP contribution is 2.17. The van der Waals surface area contributed by atoms with Crippen molar-refractivity contribution >= 4 is 21.7 Å². The average molecular weight is 266 g/mol. The summed E-state index contributed by atoms with van der Waals surface area (Å²) >= 11 is 3.35. The molecule has 0 spiro atoms. The molecular weight excluding hydrogens is 258 g/mol. The van der Waals surface area contributed by atoms with E-state index in [2.05, 4.69) is 41.2 Å². The molecule has 0 unspecified atom stereocenters. The Bertz CT molecular complexity index is 434. The second-order valence-corrected chi connectivity index (χ2v) is 3.63. The van der Waals surface area contributed by atoms with Crippen LogP contribution < -0.4 is 5.32 Å². The number of nitrogens with zero attached hydrogens (tertiary/aromatic N) is 4. The Hall–Kier alpha value is -1.56. The van der Waals surface area contributed by atoms with Gasteiger partial charge in [-0.3, -0.25) is 0 Å². The number of anilines is 1. The van der Waals surface area contributed by atoms with Gasteiger partial charge >= 0.3 is 0 Å². The summed E-state index contributed by atoms with van der Waals surface area (Å²) in [4.78, 5) is 15.9. The summed E-state index contributed by atoms with van der Waals surface area (Å²) in [7, 11) is 0. The molecule has 0 aliphatic heterocycles. The number of hydrogen-bond acceptors (Lipinski definition) is 5. The lowest BCUT2D eigenvalue weighted by atomic mass is 10.4. The molecule has 0 bridgehead atoms. The van der Waals surface area contributed by atoms with E-state index >= 15 is 0 Å². The third kappa shape index (κ3) is 2.69. The van der Waals surface area contributed by atoms with Crippen LogP contribution in [0.4, 0.5) is 5.82 Å². The van der Waals surface area contributed by atoms with E-state index in [1.165, 1.54) is 12.7 Å². The van der Waals surface area contributed by atoms with Crippen LogP contribution >= 0.6 is 15.9 Å². The highest BCUT2D eigenvalue weighted by molar-refractivity contribution is 9.10. The minimum atomic E-state index is 0.609. The summed E-state index contributed by atoms with van der Waals surface area (Å²) in [5, 5.41) is 3.14. The lowest BCUT2D eigenvalue weighted by Crippen LogP contribution is -2.03. The zero-order valence-corrected chi connectivity index (χ0v) is 9.35. The van der Waals surface area contributed by atoms with Crippen molar-refractivity contribution < 1.29 is 0 Å². The summed E-state index contributed by atoms with van der Waals surface area (Å²) in [5.41, 5.74) is 0.913. The predicted molar refractivity (Wildman–Crippen MR) is 59.1 cm³/mol.